The fourth-order valence-electron chi connectivity index (χ4n) is 2.29. The van der Waals surface area contributed by atoms with Gasteiger partial charge in [0.25, 0.3) is 0 Å². The first kappa shape index (κ1) is 9.54. The van der Waals surface area contributed by atoms with Gasteiger partial charge in [0.15, 0.2) is 0 Å². The Labute approximate surface area is 104 Å². The molecule has 0 saturated carbocycles. The van der Waals surface area contributed by atoms with Crippen LogP contribution in [0, 0.1) is 6.07 Å². The molecule has 0 bridgehead atoms. The zero-order chi connectivity index (χ0) is 11.9. The largest absolute Gasteiger partial charge is 0.455 e. The highest BCUT2D eigenvalue weighted by atomic mass is 16.3. The van der Waals surface area contributed by atoms with E-state index in [-0.39, 0.29) is 0 Å². The molecular weight excluding hydrogens is 222 g/mol. The number of pyridine rings is 1. The van der Waals surface area contributed by atoms with Crippen molar-refractivity contribution in [2.75, 3.05) is 0 Å². The van der Waals surface area contributed by atoms with Crippen LogP contribution in [0.2, 0.25) is 0 Å². The van der Waals surface area contributed by atoms with Gasteiger partial charge in [-0.3, -0.25) is 0 Å². The van der Waals surface area contributed by atoms with E-state index in [1.807, 2.05) is 48.8 Å². The molecule has 0 unspecified atom stereocenters. The first-order valence-corrected chi connectivity index (χ1v) is 5.89. The third-order valence-corrected chi connectivity index (χ3v) is 3.16. The van der Waals surface area contributed by atoms with Gasteiger partial charge in [-0.05, 0) is 24.3 Å². The summed E-state index contributed by atoms with van der Waals surface area (Å²) in [7, 11) is 0. The molecule has 0 spiro atoms. The second kappa shape index (κ2) is 3.50. The molecule has 2 heteroatoms. The van der Waals surface area contributed by atoms with Crippen LogP contribution in [0.3, 0.4) is 0 Å². The van der Waals surface area contributed by atoms with Crippen LogP contribution >= 0.6 is 0 Å². The summed E-state index contributed by atoms with van der Waals surface area (Å²) >= 11 is 0. The van der Waals surface area contributed by atoms with Gasteiger partial charge in [-0.15, -0.1) is 0 Å². The highest BCUT2D eigenvalue weighted by molar-refractivity contribution is 5.86. The van der Waals surface area contributed by atoms with Crippen LogP contribution in [-0.4, -0.2) is 4.40 Å². The minimum absolute atomic E-state index is 0.796. The molecule has 0 atom stereocenters. The van der Waals surface area contributed by atoms with E-state index in [1.165, 1.54) is 0 Å². The van der Waals surface area contributed by atoms with Crippen LogP contribution in [0.5, 0.6) is 0 Å². The standard InChI is InChI=1S/C16H10NO/c1-2-7-15-12(5-1)11-16(18-15)13-8-10-17-9-4-3-6-14(13)17/h1-10H. The molecule has 0 N–H and O–H groups in total. The maximum atomic E-state index is 5.85. The second-order valence-corrected chi connectivity index (χ2v) is 4.27. The maximum Gasteiger partial charge on any atom is 0.145 e. The van der Waals surface area contributed by atoms with Crippen molar-refractivity contribution in [3.05, 3.63) is 67.0 Å². The lowest BCUT2D eigenvalue weighted by Gasteiger charge is -1.95. The van der Waals surface area contributed by atoms with Crippen LogP contribution < -0.4 is 0 Å². The van der Waals surface area contributed by atoms with Gasteiger partial charge in [-0.25, -0.2) is 0 Å². The monoisotopic (exact) mass is 232 g/mol. The molecule has 0 aliphatic rings. The van der Waals surface area contributed by atoms with Crippen LogP contribution in [0.15, 0.2) is 65.3 Å². The van der Waals surface area contributed by atoms with Gasteiger partial charge in [-0.1, -0.05) is 24.3 Å². The van der Waals surface area contributed by atoms with Crippen molar-refractivity contribution in [3.63, 3.8) is 0 Å². The summed E-state index contributed by atoms with van der Waals surface area (Å²) in [5.74, 6) is 0.796. The number of rotatable bonds is 1. The molecule has 0 aliphatic carbocycles. The van der Waals surface area contributed by atoms with Crippen molar-refractivity contribution >= 4 is 16.5 Å². The number of para-hydroxylation sites is 1. The quantitative estimate of drug-likeness (QED) is 0.482. The van der Waals surface area contributed by atoms with Crippen LogP contribution in [0.1, 0.15) is 0 Å². The van der Waals surface area contributed by atoms with Gasteiger partial charge in [0.1, 0.15) is 11.3 Å². The van der Waals surface area contributed by atoms with E-state index < -0.39 is 0 Å². The van der Waals surface area contributed by atoms with Crippen molar-refractivity contribution in [1.29, 1.82) is 0 Å². The van der Waals surface area contributed by atoms with E-state index in [0.717, 1.165) is 27.8 Å². The van der Waals surface area contributed by atoms with E-state index in [4.69, 9.17) is 4.42 Å². The summed E-state index contributed by atoms with van der Waals surface area (Å²) in [6.07, 6.45) is 4.06. The average molecular weight is 232 g/mol. The lowest BCUT2D eigenvalue weighted by molar-refractivity contribution is 0.632. The minimum Gasteiger partial charge on any atom is -0.455 e. The molecular formula is C16H10NO. The van der Waals surface area contributed by atoms with Gasteiger partial charge in [0.2, 0.25) is 0 Å². The Kier molecular flexibility index (Phi) is 1.86. The Morgan fingerprint density at radius 2 is 1.78 bits per heavy atom. The van der Waals surface area contributed by atoms with E-state index >= 15 is 0 Å². The molecule has 4 aromatic rings. The summed E-state index contributed by atoms with van der Waals surface area (Å²) in [6.45, 7) is 0. The number of furan rings is 1. The van der Waals surface area contributed by atoms with Crippen molar-refractivity contribution in [1.82, 2.24) is 4.40 Å². The highest BCUT2D eigenvalue weighted by Crippen LogP contribution is 2.30. The lowest BCUT2D eigenvalue weighted by atomic mass is 10.2. The van der Waals surface area contributed by atoms with Gasteiger partial charge in [0, 0.05) is 29.4 Å². The Bertz CT molecular complexity index is 805. The third-order valence-electron chi connectivity index (χ3n) is 3.16. The lowest BCUT2D eigenvalue weighted by Crippen LogP contribution is -1.79. The first-order chi connectivity index (χ1) is 8.92. The molecule has 18 heavy (non-hydrogen) atoms. The van der Waals surface area contributed by atoms with Crippen LogP contribution in [-0.2, 0) is 0 Å². The number of hydrogen-bond donors (Lipinski definition) is 0. The molecule has 0 saturated heterocycles. The average Bonchev–Trinajstić information content (AvgIpc) is 3.02. The van der Waals surface area contributed by atoms with Gasteiger partial charge < -0.3 is 8.82 Å². The Balaban J connectivity index is 2.01. The molecule has 0 amide bonds. The van der Waals surface area contributed by atoms with Crippen LogP contribution in [0.25, 0.3) is 27.8 Å². The Morgan fingerprint density at radius 3 is 2.72 bits per heavy atom. The summed E-state index contributed by atoms with van der Waals surface area (Å²) in [6, 6.07) is 19.4. The Morgan fingerprint density at radius 1 is 0.889 bits per heavy atom. The molecule has 2 nitrogen and oxygen atoms in total. The van der Waals surface area contributed by atoms with E-state index in [9.17, 15) is 0 Å². The summed E-state index contributed by atoms with van der Waals surface area (Å²) < 4.78 is 7.93. The van der Waals surface area contributed by atoms with Crippen LogP contribution in [0.4, 0.5) is 0 Å². The predicted molar refractivity (Wildman–Crippen MR) is 71.4 cm³/mol. The summed E-state index contributed by atoms with van der Waals surface area (Å²) in [5, 5.41) is 1.02. The second-order valence-electron chi connectivity index (χ2n) is 4.27. The molecule has 3 aromatic heterocycles. The fourth-order valence-corrected chi connectivity index (χ4v) is 2.29. The summed E-state index contributed by atoms with van der Waals surface area (Å²) in [4.78, 5) is 0. The van der Waals surface area contributed by atoms with Gasteiger partial charge >= 0.3 is 0 Å². The zero-order valence-electron chi connectivity index (χ0n) is 9.63. The number of fused-ring (bicyclic) bond motifs is 2. The zero-order valence-corrected chi connectivity index (χ0v) is 9.63. The van der Waals surface area contributed by atoms with Crippen molar-refractivity contribution in [2.45, 2.75) is 0 Å². The summed E-state index contributed by atoms with van der Waals surface area (Å²) in [5.41, 5.74) is 3.09. The molecule has 3 heterocycles. The molecule has 4 rings (SSSR count). The van der Waals surface area contributed by atoms with Gasteiger partial charge in [-0.2, -0.15) is 0 Å². The van der Waals surface area contributed by atoms with E-state index in [2.05, 4.69) is 22.6 Å². The molecule has 0 aliphatic heterocycles. The van der Waals surface area contributed by atoms with Gasteiger partial charge in [0.05, 0.1) is 5.52 Å². The fraction of sp³-hybridized carbons (Fsp3) is 0. The number of aromatic nitrogens is 1. The topological polar surface area (TPSA) is 17.6 Å². The third kappa shape index (κ3) is 1.29. The SMILES string of the molecule is [c]1c(-c2ccn3ccccc23)oc2ccccc12. The van der Waals surface area contributed by atoms with E-state index in [0.29, 0.717) is 0 Å². The van der Waals surface area contributed by atoms with Crippen molar-refractivity contribution in [2.24, 2.45) is 0 Å². The smallest absolute Gasteiger partial charge is 0.145 e. The molecule has 0 fully saturated rings. The number of nitrogens with zero attached hydrogens (tertiary/aromatic N) is 1. The number of hydrogen-bond acceptors (Lipinski definition) is 1. The normalized spacial score (nSPS) is 11.3. The predicted octanol–water partition coefficient (Wildman–Crippen LogP) is 4.15. The minimum atomic E-state index is 0.796. The molecule has 85 valence electrons. The van der Waals surface area contributed by atoms with E-state index in [1.54, 1.807) is 0 Å². The number of benzene rings is 1. The molecule has 1 radical (unpaired) electrons. The molecule has 1 aromatic carbocycles. The van der Waals surface area contributed by atoms with Crippen molar-refractivity contribution < 1.29 is 4.42 Å². The first-order valence-electron chi connectivity index (χ1n) is 5.89. The van der Waals surface area contributed by atoms with Crippen molar-refractivity contribution in [3.8, 4) is 11.3 Å². The Hall–Kier alpha value is -2.48. The highest BCUT2D eigenvalue weighted by Gasteiger charge is 2.10. The maximum absolute atomic E-state index is 5.85.